The van der Waals surface area contributed by atoms with Crippen LogP contribution in [-0.2, 0) is 0 Å². The second-order valence-corrected chi connectivity index (χ2v) is 5.50. The number of hydrazine groups is 1. The minimum absolute atomic E-state index is 0.0420. The SMILES string of the molecule is CC(C)Oc1ccccc1C(=O)NNC(=O)c1cccs1. The molecule has 2 rings (SSSR count). The molecule has 0 radical (unpaired) electrons. The lowest BCUT2D eigenvalue weighted by Gasteiger charge is -2.14. The minimum atomic E-state index is -0.420. The van der Waals surface area contributed by atoms with E-state index in [-0.39, 0.29) is 12.0 Å². The van der Waals surface area contributed by atoms with Gasteiger partial charge in [-0.25, -0.2) is 0 Å². The fraction of sp³-hybridized carbons (Fsp3) is 0.200. The van der Waals surface area contributed by atoms with Crippen molar-refractivity contribution in [3.63, 3.8) is 0 Å². The smallest absolute Gasteiger partial charge is 0.279 e. The maximum absolute atomic E-state index is 12.1. The zero-order chi connectivity index (χ0) is 15.2. The third-order valence-corrected chi connectivity index (χ3v) is 3.40. The highest BCUT2D eigenvalue weighted by Crippen LogP contribution is 2.19. The second-order valence-electron chi connectivity index (χ2n) is 4.55. The Morgan fingerprint density at radius 3 is 2.43 bits per heavy atom. The quantitative estimate of drug-likeness (QED) is 0.853. The highest BCUT2D eigenvalue weighted by molar-refractivity contribution is 7.12. The van der Waals surface area contributed by atoms with Crippen molar-refractivity contribution in [1.82, 2.24) is 10.9 Å². The molecule has 0 aliphatic carbocycles. The van der Waals surface area contributed by atoms with Crippen LogP contribution >= 0.6 is 11.3 Å². The lowest BCUT2D eigenvalue weighted by atomic mass is 10.2. The Kier molecular flexibility index (Phi) is 4.94. The lowest BCUT2D eigenvalue weighted by molar-refractivity contribution is 0.0845. The number of hydrogen-bond acceptors (Lipinski definition) is 4. The van der Waals surface area contributed by atoms with Crippen molar-refractivity contribution in [2.24, 2.45) is 0 Å². The molecule has 2 aromatic rings. The molecule has 21 heavy (non-hydrogen) atoms. The van der Waals surface area contributed by atoms with Gasteiger partial charge in [0.15, 0.2) is 0 Å². The van der Waals surface area contributed by atoms with E-state index in [2.05, 4.69) is 10.9 Å². The van der Waals surface area contributed by atoms with E-state index < -0.39 is 5.91 Å². The fourth-order valence-electron chi connectivity index (χ4n) is 1.66. The molecule has 2 N–H and O–H groups in total. The first kappa shape index (κ1) is 15.1. The third-order valence-electron chi connectivity index (χ3n) is 2.53. The highest BCUT2D eigenvalue weighted by atomic mass is 32.1. The summed E-state index contributed by atoms with van der Waals surface area (Å²) in [5.41, 5.74) is 5.14. The maximum Gasteiger partial charge on any atom is 0.279 e. The van der Waals surface area contributed by atoms with Crippen molar-refractivity contribution in [1.29, 1.82) is 0 Å². The molecule has 0 atom stereocenters. The predicted octanol–water partition coefficient (Wildman–Crippen LogP) is 2.61. The van der Waals surface area contributed by atoms with Gasteiger partial charge in [-0.3, -0.25) is 20.4 Å². The van der Waals surface area contributed by atoms with Crippen LogP contribution in [0.25, 0.3) is 0 Å². The Morgan fingerprint density at radius 2 is 1.76 bits per heavy atom. The Morgan fingerprint density at radius 1 is 1.05 bits per heavy atom. The van der Waals surface area contributed by atoms with E-state index in [1.54, 1.807) is 41.8 Å². The molecule has 0 aliphatic heterocycles. The zero-order valence-corrected chi connectivity index (χ0v) is 12.6. The van der Waals surface area contributed by atoms with E-state index >= 15 is 0 Å². The van der Waals surface area contributed by atoms with Crippen molar-refractivity contribution >= 4 is 23.2 Å². The van der Waals surface area contributed by atoms with E-state index in [1.807, 2.05) is 13.8 Å². The average molecular weight is 304 g/mol. The summed E-state index contributed by atoms with van der Waals surface area (Å²) >= 11 is 1.30. The van der Waals surface area contributed by atoms with Gasteiger partial charge in [0, 0.05) is 0 Å². The molecule has 5 nitrogen and oxygen atoms in total. The molecule has 6 heteroatoms. The zero-order valence-electron chi connectivity index (χ0n) is 11.8. The van der Waals surface area contributed by atoms with Crippen molar-refractivity contribution in [3.8, 4) is 5.75 Å². The molecule has 0 spiro atoms. The molecular weight excluding hydrogens is 288 g/mol. The topological polar surface area (TPSA) is 67.4 Å². The highest BCUT2D eigenvalue weighted by Gasteiger charge is 2.14. The molecule has 0 aliphatic rings. The Bertz CT molecular complexity index is 624. The molecule has 0 unspecified atom stereocenters. The number of benzene rings is 1. The van der Waals surface area contributed by atoms with Crippen molar-refractivity contribution in [2.45, 2.75) is 20.0 Å². The lowest BCUT2D eigenvalue weighted by Crippen LogP contribution is -2.41. The summed E-state index contributed by atoms with van der Waals surface area (Å²) in [4.78, 5) is 24.4. The van der Waals surface area contributed by atoms with Crippen LogP contribution in [0, 0.1) is 0 Å². The summed E-state index contributed by atoms with van der Waals surface area (Å²) in [6.07, 6.45) is -0.0420. The van der Waals surface area contributed by atoms with Crippen LogP contribution in [0.2, 0.25) is 0 Å². The molecule has 1 heterocycles. The molecule has 0 saturated heterocycles. The number of ether oxygens (including phenoxy) is 1. The average Bonchev–Trinajstić information content (AvgIpc) is 2.98. The standard InChI is InChI=1S/C15H16N2O3S/c1-10(2)20-12-7-4-3-6-11(12)14(18)16-17-15(19)13-8-5-9-21-13/h3-10H,1-2H3,(H,16,18)(H,17,19). The third kappa shape index (κ3) is 4.06. The number of nitrogens with one attached hydrogen (secondary N) is 2. The van der Waals surface area contributed by atoms with Gasteiger partial charge < -0.3 is 4.74 Å². The summed E-state index contributed by atoms with van der Waals surface area (Å²) in [6.45, 7) is 3.76. The molecular formula is C15H16N2O3S. The number of carbonyl (C=O) groups excluding carboxylic acids is 2. The van der Waals surface area contributed by atoms with Crippen LogP contribution in [0.1, 0.15) is 33.9 Å². The van der Waals surface area contributed by atoms with Crippen LogP contribution in [0.5, 0.6) is 5.75 Å². The number of para-hydroxylation sites is 1. The van der Waals surface area contributed by atoms with Crippen LogP contribution in [-0.4, -0.2) is 17.9 Å². The van der Waals surface area contributed by atoms with E-state index in [4.69, 9.17) is 4.74 Å². The molecule has 1 aromatic carbocycles. The first-order chi connectivity index (χ1) is 10.1. The van der Waals surface area contributed by atoms with Gasteiger partial charge in [0.05, 0.1) is 16.5 Å². The molecule has 0 bridgehead atoms. The van der Waals surface area contributed by atoms with Crippen molar-refractivity contribution in [2.75, 3.05) is 0 Å². The summed E-state index contributed by atoms with van der Waals surface area (Å²) in [7, 11) is 0. The molecule has 1 aromatic heterocycles. The van der Waals surface area contributed by atoms with Gasteiger partial charge in [-0.2, -0.15) is 0 Å². The van der Waals surface area contributed by atoms with Gasteiger partial charge in [0.2, 0.25) is 0 Å². The van der Waals surface area contributed by atoms with Crippen molar-refractivity contribution < 1.29 is 14.3 Å². The van der Waals surface area contributed by atoms with Gasteiger partial charge in [-0.1, -0.05) is 18.2 Å². The predicted molar refractivity (Wildman–Crippen MR) is 81.5 cm³/mol. The van der Waals surface area contributed by atoms with Gasteiger partial charge in [-0.15, -0.1) is 11.3 Å². The monoisotopic (exact) mass is 304 g/mol. The number of hydrogen-bond donors (Lipinski definition) is 2. The van der Waals surface area contributed by atoms with E-state index in [1.165, 1.54) is 11.3 Å². The number of carbonyl (C=O) groups is 2. The Balaban J connectivity index is 2.02. The van der Waals surface area contributed by atoms with Gasteiger partial charge >= 0.3 is 0 Å². The first-order valence-corrected chi connectivity index (χ1v) is 7.35. The van der Waals surface area contributed by atoms with E-state index in [9.17, 15) is 9.59 Å². The van der Waals surface area contributed by atoms with Gasteiger partial charge in [0.1, 0.15) is 5.75 Å². The fourth-order valence-corrected chi connectivity index (χ4v) is 2.28. The summed E-state index contributed by atoms with van der Waals surface area (Å²) in [5.74, 6) is -0.285. The molecule has 110 valence electrons. The number of amides is 2. The van der Waals surface area contributed by atoms with E-state index in [0.717, 1.165) is 0 Å². The van der Waals surface area contributed by atoms with Gasteiger partial charge in [-0.05, 0) is 37.4 Å². The van der Waals surface area contributed by atoms with Crippen LogP contribution in [0.4, 0.5) is 0 Å². The van der Waals surface area contributed by atoms with Crippen molar-refractivity contribution in [3.05, 3.63) is 52.2 Å². The number of rotatable bonds is 4. The van der Waals surface area contributed by atoms with Crippen LogP contribution in [0.15, 0.2) is 41.8 Å². The Labute approximate surface area is 126 Å². The first-order valence-electron chi connectivity index (χ1n) is 6.48. The van der Waals surface area contributed by atoms with Crippen LogP contribution in [0.3, 0.4) is 0 Å². The second kappa shape index (κ2) is 6.90. The van der Waals surface area contributed by atoms with Gasteiger partial charge in [0.25, 0.3) is 11.8 Å². The summed E-state index contributed by atoms with van der Waals surface area (Å²) in [5, 5.41) is 1.79. The number of thiophene rings is 1. The summed E-state index contributed by atoms with van der Waals surface area (Å²) in [6, 6.07) is 10.3. The molecule has 2 amide bonds. The normalized spacial score (nSPS) is 10.2. The maximum atomic E-state index is 12.1. The minimum Gasteiger partial charge on any atom is -0.490 e. The van der Waals surface area contributed by atoms with E-state index in [0.29, 0.717) is 16.2 Å². The summed E-state index contributed by atoms with van der Waals surface area (Å²) < 4.78 is 5.57. The van der Waals surface area contributed by atoms with Crippen LogP contribution < -0.4 is 15.6 Å². The molecule has 0 fully saturated rings. The molecule has 0 saturated carbocycles. The Hall–Kier alpha value is -2.34. The largest absolute Gasteiger partial charge is 0.490 e.